The molecule has 2 aromatic heterocycles. The van der Waals surface area contributed by atoms with E-state index in [0.29, 0.717) is 24.5 Å². The van der Waals surface area contributed by atoms with Crippen molar-refractivity contribution in [3.05, 3.63) is 45.9 Å². The van der Waals surface area contributed by atoms with Crippen LogP contribution in [0.25, 0.3) is 11.0 Å². The number of carbonyl (C=O) groups excluding carboxylic acids is 2. The molecule has 0 unspecified atom stereocenters. The Labute approximate surface area is 172 Å². The number of amides is 2. The van der Waals surface area contributed by atoms with Crippen molar-refractivity contribution in [1.82, 2.24) is 33.7 Å². The predicted molar refractivity (Wildman–Crippen MR) is 108 cm³/mol. The van der Waals surface area contributed by atoms with Gasteiger partial charge in [-0.05, 0) is 24.6 Å². The number of aryl methyl sites for hydroxylation is 2. The second-order valence-corrected chi connectivity index (χ2v) is 8.01. The lowest BCUT2D eigenvalue weighted by atomic mass is 10.1. The molecule has 5 rings (SSSR count). The van der Waals surface area contributed by atoms with E-state index < -0.39 is 0 Å². The summed E-state index contributed by atoms with van der Waals surface area (Å²) in [5.41, 5.74) is 2.20. The molecule has 0 saturated heterocycles. The maximum absolute atomic E-state index is 13.1. The van der Waals surface area contributed by atoms with Crippen molar-refractivity contribution in [2.45, 2.75) is 39.0 Å². The Morgan fingerprint density at radius 3 is 2.73 bits per heavy atom. The number of nitrogens with zero attached hydrogens (tertiary/aromatic N) is 7. The molecule has 0 N–H and O–H groups in total. The van der Waals surface area contributed by atoms with Gasteiger partial charge in [-0.15, -0.1) is 0 Å². The molecule has 0 saturated carbocycles. The quantitative estimate of drug-likeness (QED) is 0.610. The first kappa shape index (κ1) is 18.6. The SMILES string of the molecule is CN(C)C(=O)Cn1nc2n(c1=O)CCN(C(=O)c1ccc3nc4n(c3c1)CCC4)C2. The van der Waals surface area contributed by atoms with Gasteiger partial charge in [0.05, 0.1) is 17.6 Å². The third kappa shape index (κ3) is 2.90. The fourth-order valence-electron chi connectivity index (χ4n) is 4.17. The summed E-state index contributed by atoms with van der Waals surface area (Å²) in [5.74, 6) is 1.28. The summed E-state index contributed by atoms with van der Waals surface area (Å²) >= 11 is 0. The number of hydrogen-bond donors (Lipinski definition) is 0. The largest absolute Gasteiger partial charge is 0.347 e. The fraction of sp³-hybridized carbons (Fsp3) is 0.450. The van der Waals surface area contributed by atoms with Crippen LogP contribution >= 0.6 is 0 Å². The molecular weight excluding hydrogens is 386 g/mol. The molecule has 0 fully saturated rings. The molecule has 4 heterocycles. The number of aromatic nitrogens is 5. The average Bonchev–Trinajstić information content (AvgIpc) is 3.40. The zero-order valence-electron chi connectivity index (χ0n) is 17.0. The lowest BCUT2D eigenvalue weighted by Gasteiger charge is -2.26. The van der Waals surface area contributed by atoms with E-state index in [1.165, 1.54) is 9.58 Å². The molecule has 2 amide bonds. The molecule has 0 atom stereocenters. The Bertz CT molecular complexity index is 1230. The summed E-state index contributed by atoms with van der Waals surface area (Å²) in [5, 5.41) is 4.30. The highest BCUT2D eigenvalue weighted by molar-refractivity contribution is 5.97. The molecule has 10 heteroatoms. The summed E-state index contributed by atoms with van der Waals surface area (Å²) in [6.07, 6.45) is 2.06. The molecule has 0 spiro atoms. The highest BCUT2D eigenvalue weighted by Gasteiger charge is 2.27. The second kappa shape index (κ2) is 6.82. The summed E-state index contributed by atoms with van der Waals surface area (Å²) in [4.78, 5) is 45.4. The van der Waals surface area contributed by atoms with Gasteiger partial charge in [0.1, 0.15) is 12.4 Å². The molecule has 0 radical (unpaired) electrons. The van der Waals surface area contributed by atoms with Gasteiger partial charge in [-0.2, -0.15) is 5.10 Å². The van der Waals surface area contributed by atoms with Crippen molar-refractivity contribution in [3.63, 3.8) is 0 Å². The molecule has 30 heavy (non-hydrogen) atoms. The van der Waals surface area contributed by atoms with Gasteiger partial charge in [-0.25, -0.2) is 14.5 Å². The van der Waals surface area contributed by atoms with Crippen molar-refractivity contribution in [2.24, 2.45) is 0 Å². The van der Waals surface area contributed by atoms with Gasteiger partial charge < -0.3 is 14.4 Å². The standard InChI is InChI=1S/C20H23N7O3/c1-23(2)18(28)12-27-20(30)26-9-8-24(11-17(26)22-27)19(29)13-5-6-14-15(10-13)25-7-3-4-16(25)21-14/h5-6,10H,3-4,7-9,11-12H2,1-2H3. The zero-order chi connectivity index (χ0) is 21.0. The maximum atomic E-state index is 13.1. The third-order valence-electron chi connectivity index (χ3n) is 5.85. The first-order chi connectivity index (χ1) is 14.4. The van der Waals surface area contributed by atoms with Crippen LogP contribution in [0.5, 0.6) is 0 Å². The second-order valence-electron chi connectivity index (χ2n) is 8.01. The normalized spacial score (nSPS) is 15.3. The van der Waals surface area contributed by atoms with E-state index in [9.17, 15) is 14.4 Å². The van der Waals surface area contributed by atoms with Crippen molar-refractivity contribution >= 4 is 22.8 Å². The van der Waals surface area contributed by atoms with E-state index >= 15 is 0 Å². The van der Waals surface area contributed by atoms with Crippen LogP contribution in [0.4, 0.5) is 0 Å². The number of likely N-dealkylation sites (N-methyl/N-ethyl adjacent to an activating group) is 1. The molecule has 156 valence electrons. The molecule has 0 aliphatic carbocycles. The van der Waals surface area contributed by atoms with E-state index in [0.717, 1.165) is 36.2 Å². The monoisotopic (exact) mass is 409 g/mol. The van der Waals surface area contributed by atoms with Gasteiger partial charge in [0, 0.05) is 45.7 Å². The minimum absolute atomic E-state index is 0.0944. The smallest absolute Gasteiger partial charge is 0.346 e. The molecule has 2 aliphatic rings. The Morgan fingerprint density at radius 1 is 1.10 bits per heavy atom. The van der Waals surface area contributed by atoms with Gasteiger partial charge in [0.25, 0.3) is 5.91 Å². The molecule has 3 aromatic rings. The highest BCUT2D eigenvalue weighted by Crippen LogP contribution is 2.24. The summed E-state index contributed by atoms with van der Waals surface area (Å²) in [7, 11) is 3.27. The van der Waals surface area contributed by atoms with Crippen LogP contribution < -0.4 is 5.69 Å². The van der Waals surface area contributed by atoms with E-state index in [1.54, 1.807) is 23.6 Å². The molecule has 10 nitrogen and oxygen atoms in total. The Hall–Kier alpha value is -3.43. The minimum Gasteiger partial charge on any atom is -0.347 e. The van der Waals surface area contributed by atoms with Crippen LogP contribution in [0, 0.1) is 0 Å². The minimum atomic E-state index is -0.316. The first-order valence-electron chi connectivity index (χ1n) is 10.1. The van der Waals surface area contributed by atoms with Crippen LogP contribution in [0.1, 0.15) is 28.4 Å². The summed E-state index contributed by atoms with van der Waals surface area (Å²) in [6.45, 7) is 1.84. The van der Waals surface area contributed by atoms with Gasteiger partial charge in [0.15, 0.2) is 5.82 Å². The van der Waals surface area contributed by atoms with Crippen LogP contribution in [-0.2, 0) is 37.4 Å². The number of benzene rings is 1. The van der Waals surface area contributed by atoms with Crippen molar-refractivity contribution < 1.29 is 9.59 Å². The van der Waals surface area contributed by atoms with Crippen LogP contribution in [0.15, 0.2) is 23.0 Å². The van der Waals surface area contributed by atoms with E-state index in [4.69, 9.17) is 0 Å². The van der Waals surface area contributed by atoms with Crippen LogP contribution in [-0.4, -0.2) is 66.2 Å². The molecular formula is C20H23N7O3. The number of carbonyl (C=O) groups is 2. The Kier molecular flexibility index (Phi) is 4.23. The zero-order valence-corrected chi connectivity index (χ0v) is 17.0. The number of imidazole rings is 1. The predicted octanol–water partition coefficient (Wildman–Crippen LogP) is 0.0849. The van der Waals surface area contributed by atoms with E-state index in [2.05, 4.69) is 14.6 Å². The highest BCUT2D eigenvalue weighted by atomic mass is 16.2. The molecule has 0 bridgehead atoms. The molecule has 2 aliphatic heterocycles. The van der Waals surface area contributed by atoms with Gasteiger partial charge in [-0.1, -0.05) is 0 Å². The maximum Gasteiger partial charge on any atom is 0.346 e. The van der Waals surface area contributed by atoms with E-state index in [1.807, 2.05) is 18.2 Å². The number of fused-ring (bicyclic) bond motifs is 4. The number of rotatable bonds is 3. The molecule has 1 aromatic carbocycles. The Balaban J connectivity index is 1.39. The van der Waals surface area contributed by atoms with Crippen LogP contribution in [0.2, 0.25) is 0 Å². The van der Waals surface area contributed by atoms with Crippen molar-refractivity contribution in [3.8, 4) is 0 Å². The number of hydrogen-bond acceptors (Lipinski definition) is 5. The topological polar surface area (TPSA) is 98.3 Å². The lowest BCUT2D eigenvalue weighted by Crippen LogP contribution is -2.41. The average molecular weight is 409 g/mol. The summed E-state index contributed by atoms with van der Waals surface area (Å²) < 4.78 is 4.90. The fourth-order valence-corrected chi connectivity index (χ4v) is 4.17. The van der Waals surface area contributed by atoms with Gasteiger partial charge in [-0.3, -0.25) is 14.2 Å². The summed E-state index contributed by atoms with van der Waals surface area (Å²) in [6, 6.07) is 5.62. The lowest BCUT2D eigenvalue weighted by molar-refractivity contribution is -0.129. The van der Waals surface area contributed by atoms with Gasteiger partial charge >= 0.3 is 5.69 Å². The third-order valence-corrected chi connectivity index (χ3v) is 5.85. The van der Waals surface area contributed by atoms with E-state index in [-0.39, 0.29) is 30.6 Å². The van der Waals surface area contributed by atoms with Crippen molar-refractivity contribution in [1.29, 1.82) is 0 Å². The van der Waals surface area contributed by atoms with Crippen LogP contribution in [0.3, 0.4) is 0 Å². The van der Waals surface area contributed by atoms with Gasteiger partial charge in [0.2, 0.25) is 5.91 Å². The Morgan fingerprint density at radius 2 is 1.93 bits per heavy atom. The first-order valence-corrected chi connectivity index (χ1v) is 10.1. The van der Waals surface area contributed by atoms with Crippen molar-refractivity contribution in [2.75, 3.05) is 20.6 Å².